The summed E-state index contributed by atoms with van der Waals surface area (Å²) in [6.45, 7) is 12.1. The number of rotatable bonds is 3. The van der Waals surface area contributed by atoms with Gasteiger partial charge in [0.05, 0.1) is 11.2 Å². The number of hydrogen-bond donors (Lipinski definition) is 1. The highest BCUT2D eigenvalue weighted by molar-refractivity contribution is 5.56. The van der Waals surface area contributed by atoms with Gasteiger partial charge in [-0.05, 0) is 65.4 Å². The molecule has 3 nitrogen and oxygen atoms in total. The largest absolute Gasteiger partial charge is 0.366 e. The highest BCUT2D eigenvalue weighted by Crippen LogP contribution is 2.35. The zero-order valence-corrected chi connectivity index (χ0v) is 14.0. The molecule has 1 saturated heterocycles. The van der Waals surface area contributed by atoms with Crippen molar-refractivity contribution in [3.05, 3.63) is 29.6 Å². The highest BCUT2D eigenvalue weighted by atomic mass is 19.1. The molecule has 1 aliphatic rings. The number of halogens is 1. The second-order valence-electron chi connectivity index (χ2n) is 7.19. The van der Waals surface area contributed by atoms with E-state index in [1.165, 1.54) is 6.07 Å². The molecule has 0 aromatic heterocycles. The monoisotopic (exact) mass is 294 g/mol. The number of nitrogens with zero attached hydrogens (tertiary/aromatic N) is 1. The van der Waals surface area contributed by atoms with Gasteiger partial charge in [-0.15, -0.1) is 0 Å². The third kappa shape index (κ3) is 3.74. The van der Waals surface area contributed by atoms with Crippen LogP contribution in [0.2, 0.25) is 0 Å². The van der Waals surface area contributed by atoms with Gasteiger partial charge in [-0.25, -0.2) is 4.39 Å². The fourth-order valence-electron chi connectivity index (χ4n) is 3.27. The molecule has 1 aliphatic heterocycles. The lowest BCUT2D eigenvalue weighted by atomic mass is 9.96. The summed E-state index contributed by atoms with van der Waals surface area (Å²) in [6.07, 6.45) is 0. The predicted octanol–water partition coefficient (Wildman–Crippen LogP) is 3.50. The van der Waals surface area contributed by atoms with Crippen LogP contribution in [0.3, 0.4) is 0 Å². The van der Waals surface area contributed by atoms with Gasteiger partial charge >= 0.3 is 0 Å². The molecule has 1 fully saturated rings. The van der Waals surface area contributed by atoms with E-state index in [2.05, 4.69) is 44.8 Å². The number of nitrogens with one attached hydrogen (secondary N) is 1. The molecule has 21 heavy (non-hydrogen) atoms. The Balaban J connectivity index is 2.41. The molecule has 0 bridgehead atoms. The summed E-state index contributed by atoms with van der Waals surface area (Å²) in [5.41, 5.74) is 1.63. The van der Waals surface area contributed by atoms with Gasteiger partial charge in [0.2, 0.25) is 0 Å². The maximum atomic E-state index is 13.6. The first-order chi connectivity index (χ1) is 9.63. The van der Waals surface area contributed by atoms with Crippen molar-refractivity contribution in [2.24, 2.45) is 0 Å². The van der Waals surface area contributed by atoms with Gasteiger partial charge < -0.3 is 15.0 Å². The summed E-state index contributed by atoms with van der Waals surface area (Å²) in [5, 5.41) is 3.20. The zero-order chi connectivity index (χ0) is 15.8. The lowest BCUT2D eigenvalue weighted by molar-refractivity contribution is -0.133. The highest BCUT2D eigenvalue weighted by Gasteiger charge is 2.38. The van der Waals surface area contributed by atoms with Gasteiger partial charge in [0.15, 0.2) is 0 Å². The fraction of sp³-hybridized carbons (Fsp3) is 0.647. The average Bonchev–Trinajstić information content (AvgIpc) is 2.33. The Morgan fingerprint density at radius 2 is 1.76 bits per heavy atom. The van der Waals surface area contributed by atoms with Crippen molar-refractivity contribution in [2.45, 2.75) is 51.9 Å². The van der Waals surface area contributed by atoms with Crippen molar-refractivity contribution >= 4 is 5.69 Å². The van der Waals surface area contributed by atoms with Crippen LogP contribution >= 0.6 is 0 Å². The van der Waals surface area contributed by atoms with Crippen molar-refractivity contribution in [2.75, 3.05) is 25.0 Å². The van der Waals surface area contributed by atoms with Crippen molar-refractivity contribution in [1.29, 1.82) is 0 Å². The van der Waals surface area contributed by atoms with Crippen LogP contribution in [0.1, 0.15) is 46.2 Å². The molecule has 1 heterocycles. The second-order valence-corrected chi connectivity index (χ2v) is 7.19. The van der Waals surface area contributed by atoms with E-state index in [0.29, 0.717) is 0 Å². The molecular weight excluding hydrogens is 267 g/mol. The van der Waals surface area contributed by atoms with E-state index in [0.717, 1.165) is 24.3 Å². The molecule has 1 aromatic carbocycles. The molecule has 1 unspecified atom stereocenters. The Morgan fingerprint density at radius 1 is 1.19 bits per heavy atom. The van der Waals surface area contributed by atoms with Crippen LogP contribution in [0.25, 0.3) is 0 Å². The minimum Gasteiger partial charge on any atom is -0.366 e. The maximum absolute atomic E-state index is 13.6. The summed E-state index contributed by atoms with van der Waals surface area (Å²) >= 11 is 0. The minimum atomic E-state index is -0.226. The topological polar surface area (TPSA) is 24.5 Å². The van der Waals surface area contributed by atoms with Crippen LogP contribution < -0.4 is 10.2 Å². The Labute approximate surface area is 127 Å². The number of anilines is 1. The molecule has 4 heteroatoms. The lowest BCUT2D eigenvalue weighted by Crippen LogP contribution is -2.57. The number of hydrogen-bond acceptors (Lipinski definition) is 3. The van der Waals surface area contributed by atoms with Crippen LogP contribution in [0.5, 0.6) is 0 Å². The summed E-state index contributed by atoms with van der Waals surface area (Å²) in [7, 11) is 1.90. The first-order valence-corrected chi connectivity index (χ1v) is 7.55. The van der Waals surface area contributed by atoms with Gasteiger partial charge in [-0.1, -0.05) is 0 Å². The molecular formula is C17H27FN2O. The molecule has 1 N–H and O–H groups in total. The van der Waals surface area contributed by atoms with Crippen LogP contribution in [0, 0.1) is 5.82 Å². The summed E-state index contributed by atoms with van der Waals surface area (Å²) in [5.74, 6) is -0.192. The van der Waals surface area contributed by atoms with E-state index in [9.17, 15) is 4.39 Å². The van der Waals surface area contributed by atoms with E-state index in [4.69, 9.17) is 4.74 Å². The molecule has 1 aromatic rings. The molecule has 1 atom stereocenters. The van der Waals surface area contributed by atoms with Crippen LogP contribution in [0.4, 0.5) is 10.1 Å². The normalized spacial score (nSPS) is 22.1. The van der Waals surface area contributed by atoms with Gasteiger partial charge in [-0.3, -0.25) is 0 Å². The van der Waals surface area contributed by atoms with E-state index in [-0.39, 0.29) is 23.1 Å². The van der Waals surface area contributed by atoms with Crippen LogP contribution in [-0.4, -0.2) is 31.3 Å². The average molecular weight is 294 g/mol. The first-order valence-electron chi connectivity index (χ1n) is 7.55. The third-order valence-electron chi connectivity index (χ3n) is 3.93. The molecule has 0 saturated carbocycles. The zero-order valence-electron chi connectivity index (χ0n) is 14.0. The smallest absolute Gasteiger partial charge is 0.123 e. The van der Waals surface area contributed by atoms with Crippen molar-refractivity contribution < 1.29 is 9.13 Å². The van der Waals surface area contributed by atoms with Crippen LogP contribution in [-0.2, 0) is 4.74 Å². The lowest BCUT2D eigenvalue weighted by Gasteiger charge is -2.48. The second kappa shape index (κ2) is 5.58. The Hall–Kier alpha value is -1.13. The quantitative estimate of drug-likeness (QED) is 0.923. The van der Waals surface area contributed by atoms with Crippen molar-refractivity contribution in [3.8, 4) is 0 Å². The van der Waals surface area contributed by atoms with Gasteiger partial charge in [0.1, 0.15) is 5.82 Å². The van der Waals surface area contributed by atoms with Gasteiger partial charge in [0.25, 0.3) is 0 Å². The first kappa shape index (κ1) is 16.2. The molecule has 0 aliphatic carbocycles. The maximum Gasteiger partial charge on any atom is 0.123 e. The summed E-state index contributed by atoms with van der Waals surface area (Å²) < 4.78 is 19.8. The Bertz CT molecular complexity index is 498. The minimum absolute atomic E-state index is 0.102. The Morgan fingerprint density at radius 3 is 2.29 bits per heavy atom. The number of benzene rings is 1. The van der Waals surface area contributed by atoms with Gasteiger partial charge in [-0.2, -0.15) is 0 Å². The molecule has 0 spiro atoms. The molecule has 0 amide bonds. The summed E-state index contributed by atoms with van der Waals surface area (Å²) in [4.78, 5) is 2.31. The summed E-state index contributed by atoms with van der Waals surface area (Å²) in [6, 6.07) is 5.16. The Kier molecular flexibility index (Phi) is 4.31. The van der Waals surface area contributed by atoms with E-state index in [1.54, 1.807) is 6.07 Å². The molecule has 118 valence electrons. The number of ether oxygens (including phenoxy) is 1. The van der Waals surface area contributed by atoms with Gasteiger partial charge in [0, 0.05) is 24.8 Å². The van der Waals surface area contributed by atoms with E-state index < -0.39 is 0 Å². The van der Waals surface area contributed by atoms with Crippen molar-refractivity contribution in [1.82, 2.24) is 5.32 Å². The van der Waals surface area contributed by atoms with Crippen molar-refractivity contribution in [3.63, 3.8) is 0 Å². The SMILES string of the molecule is CNC(C)c1cc(F)ccc1N1CC(C)(C)OC(C)(C)C1. The van der Waals surface area contributed by atoms with E-state index in [1.807, 2.05) is 13.1 Å². The molecule has 0 radical (unpaired) electrons. The predicted molar refractivity (Wildman–Crippen MR) is 85.3 cm³/mol. The number of morpholine rings is 1. The fourth-order valence-corrected chi connectivity index (χ4v) is 3.27. The van der Waals surface area contributed by atoms with E-state index >= 15 is 0 Å². The molecule has 2 rings (SSSR count). The third-order valence-corrected chi connectivity index (χ3v) is 3.93. The standard InChI is InChI=1S/C17H27FN2O/c1-12(19-6)14-9-13(18)7-8-15(14)20-10-16(2,3)21-17(4,5)11-20/h7-9,12,19H,10-11H2,1-6H3. The van der Waals surface area contributed by atoms with Crippen LogP contribution in [0.15, 0.2) is 18.2 Å².